The second-order valence-electron chi connectivity index (χ2n) is 3.60. The van der Waals surface area contributed by atoms with Gasteiger partial charge >= 0.3 is 0 Å². The number of nitrogens with zero attached hydrogens (tertiary/aromatic N) is 2. The fourth-order valence-electron chi connectivity index (χ4n) is 0.978. The zero-order valence-corrected chi connectivity index (χ0v) is 8.97. The molecule has 0 atom stereocenters. The highest BCUT2D eigenvalue weighted by molar-refractivity contribution is 6.99. The smallest absolute Gasteiger partial charge is 0.273 e. The van der Waals surface area contributed by atoms with E-state index < -0.39 is 5.54 Å². The molecule has 1 aromatic heterocycles. The largest absolute Gasteiger partial charge is 0.396 e. The van der Waals surface area contributed by atoms with Gasteiger partial charge < -0.3 is 10.4 Å². The first kappa shape index (κ1) is 11.1. The summed E-state index contributed by atoms with van der Waals surface area (Å²) >= 11 is 0.997. The second-order valence-corrected chi connectivity index (χ2v) is 4.16. The number of hydrogen-bond acceptors (Lipinski definition) is 5. The first-order valence-corrected chi connectivity index (χ1v) is 4.99. The van der Waals surface area contributed by atoms with Crippen LogP contribution >= 0.6 is 11.7 Å². The lowest BCUT2D eigenvalue weighted by atomic mass is 10.0. The van der Waals surface area contributed by atoms with E-state index in [1.54, 1.807) is 0 Å². The molecule has 1 rings (SSSR count). The van der Waals surface area contributed by atoms with Crippen LogP contribution in [0.2, 0.25) is 0 Å². The Morgan fingerprint density at radius 1 is 1.71 bits per heavy atom. The van der Waals surface area contributed by atoms with Crippen molar-refractivity contribution in [3.8, 4) is 0 Å². The van der Waals surface area contributed by atoms with Crippen molar-refractivity contribution in [3.63, 3.8) is 0 Å². The lowest BCUT2D eigenvalue weighted by molar-refractivity contribution is 0.0895. The Bertz CT molecular complexity index is 298. The molecule has 0 fully saturated rings. The van der Waals surface area contributed by atoms with Gasteiger partial charge in [-0.1, -0.05) is 0 Å². The van der Waals surface area contributed by atoms with Gasteiger partial charge in [0, 0.05) is 12.1 Å². The highest BCUT2D eigenvalue weighted by Gasteiger charge is 2.21. The molecule has 2 N–H and O–H groups in total. The van der Waals surface area contributed by atoms with E-state index in [0.29, 0.717) is 12.1 Å². The van der Waals surface area contributed by atoms with Gasteiger partial charge in [0.2, 0.25) is 0 Å². The highest BCUT2D eigenvalue weighted by Crippen LogP contribution is 2.08. The van der Waals surface area contributed by atoms with Gasteiger partial charge in [0.05, 0.1) is 17.9 Å². The average molecular weight is 215 g/mol. The fraction of sp³-hybridized carbons (Fsp3) is 0.625. The first-order chi connectivity index (χ1) is 6.55. The summed E-state index contributed by atoms with van der Waals surface area (Å²) in [6.07, 6.45) is 1.94. The van der Waals surface area contributed by atoms with Crippen molar-refractivity contribution in [1.29, 1.82) is 0 Å². The summed E-state index contributed by atoms with van der Waals surface area (Å²) in [4.78, 5) is 11.5. The molecular formula is C8H13N3O2S. The Labute approximate surface area is 86.5 Å². The predicted molar refractivity (Wildman–Crippen MR) is 53.2 cm³/mol. The van der Waals surface area contributed by atoms with Crippen LogP contribution in [0, 0.1) is 0 Å². The lowest BCUT2D eigenvalue weighted by Gasteiger charge is -2.24. The average Bonchev–Trinajstić information content (AvgIpc) is 2.53. The van der Waals surface area contributed by atoms with Crippen LogP contribution in [0.4, 0.5) is 0 Å². The molecule has 0 bridgehead atoms. The maximum absolute atomic E-state index is 11.5. The molecule has 0 saturated heterocycles. The SMILES string of the molecule is CC(C)(CCO)NC(=O)c1cnsn1. The number of aliphatic hydroxyl groups is 1. The van der Waals surface area contributed by atoms with E-state index >= 15 is 0 Å². The Hall–Kier alpha value is -1.01. The summed E-state index contributed by atoms with van der Waals surface area (Å²) in [5.74, 6) is -0.253. The summed E-state index contributed by atoms with van der Waals surface area (Å²) in [5, 5.41) is 11.5. The Morgan fingerprint density at radius 2 is 2.43 bits per heavy atom. The van der Waals surface area contributed by atoms with Gasteiger partial charge in [0.1, 0.15) is 0 Å². The van der Waals surface area contributed by atoms with Gasteiger partial charge in [-0.25, -0.2) is 0 Å². The van der Waals surface area contributed by atoms with Crippen LogP contribution in [-0.4, -0.2) is 31.9 Å². The summed E-state index contributed by atoms with van der Waals surface area (Å²) < 4.78 is 7.56. The molecule has 0 saturated carbocycles. The van der Waals surface area contributed by atoms with E-state index in [2.05, 4.69) is 14.1 Å². The van der Waals surface area contributed by atoms with Gasteiger partial charge in [-0.05, 0) is 20.3 Å². The van der Waals surface area contributed by atoms with Crippen LogP contribution < -0.4 is 5.32 Å². The van der Waals surface area contributed by atoms with E-state index in [4.69, 9.17) is 5.11 Å². The van der Waals surface area contributed by atoms with Crippen LogP contribution in [0.15, 0.2) is 6.20 Å². The highest BCUT2D eigenvalue weighted by atomic mass is 32.1. The molecule has 0 radical (unpaired) electrons. The molecular weight excluding hydrogens is 202 g/mol. The quantitative estimate of drug-likeness (QED) is 0.763. The third kappa shape index (κ3) is 3.04. The van der Waals surface area contributed by atoms with Crippen LogP contribution in [0.3, 0.4) is 0 Å². The Kier molecular flexibility index (Phi) is 3.54. The molecule has 14 heavy (non-hydrogen) atoms. The molecule has 0 aromatic carbocycles. The van der Waals surface area contributed by atoms with E-state index in [-0.39, 0.29) is 12.5 Å². The van der Waals surface area contributed by atoms with E-state index in [1.807, 2.05) is 13.8 Å². The molecule has 0 spiro atoms. The Morgan fingerprint density at radius 3 is 2.93 bits per heavy atom. The number of carbonyl (C=O) groups is 1. The van der Waals surface area contributed by atoms with Gasteiger partial charge in [-0.3, -0.25) is 4.79 Å². The monoisotopic (exact) mass is 215 g/mol. The summed E-state index contributed by atoms with van der Waals surface area (Å²) in [6, 6.07) is 0. The minimum atomic E-state index is -0.421. The number of nitrogens with one attached hydrogen (secondary N) is 1. The van der Waals surface area contributed by atoms with E-state index in [9.17, 15) is 4.79 Å². The standard InChI is InChI=1S/C8H13N3O2S/c1-8(2,3-4-12)10-7(13)6-5-9-14-11-6/h5,12H,3-4H2,1-2H3,(H,10,13). The number of amides is 1. The zero-order valence-electron chi connectivity index (χ0n) is 8.15. The van der Waals surface area contributed by atoms with Crippen molar-refractivity contribution in [2.75, 3.05) is 6.61 Å². The molecule has 1 heterocycles. The zero-order chi connectivity index (χ0) is 10.6. The molecule has 0 aliphatic heterocycles. The van der Waals surface area contributed by atoms with E-state index in [0.717, 1.165) is 11.7 Å². The van der Waals surface area contributed by atoms with Gasteiger partial charge in [-0.2, -0.15) is 8.75 Å². The van der Waals surface area contributed by atoms with Crippen molar-refractivity contribution in [1.82, 2.24) is 14.1 Å². The van der Waals surface area contributed by atoms with Crippen molar-refractivity contribution in [2.45, 2.75) is 25.8 Å². The minimum absolute atomic E-state index is 0.0442. The van der Waals surface area contributed by atoms with E-state index in [1.165, 1.54) is 6.20 Å². The van der Waals surface area contributed by atoms with Gasteiger partial charge in [0.15, 0.2) is 5.69 Å². The molecule has 0 unspecified atom stereocenters. The lowest BCUT2D eigenvalue weighted by Crippen LogP contribution is -2.44. The number of rotatable bonds is 4. The van der Waals surface area contributed by atoms with Gasteiger partial charge in [0.25, 0.3) is 5.91 Å². The summed E-state index contributed by atoms with van der Waals surface area (Å²) in [7, 11) is 0. The fourth-order valence-corrected chi connectivity index (χ4v) is 1.39. The van der Waals surface area contributed by atoms with Crippen molar-refractivity contribution in [2.24, 2.45) is 0 Å². The number of carbonyl (C=O) groups excluding carboxylic acids is 1. The normalized spacial score (nSPS) is 11.4. The van der Waals surface area contributed by atoms with Crippen molar-refractivity contribution >= 4 is 17.6 Å². The third-order valence-corrected chi connectivity index (χ3v) is 2.26. The molecule has 0 aliphatic carbocycles. The van der Waals surface area contributed by atoms with Crippen LogP contribution in [0.1, 0.15) is 30.8 Å². The maximum atomic E-state index is 11.5. The van der Waals surface area contributed by atoms with Crippen molar-refractivity contribution in [3.05, 3.63) is 11.9 Å². The molecule has 1 aromatic rings. The summed E-state index contributed by atoms with van der Waals surface area (Å²) in [6.45, 7) is 3.74. The second kappa shape index (κ2) is 4.47. The first-order valence-electron chi connectivity index (χ1n) is 4.26. The minimum Gasteiger partial charge on any atom is -0.396 e. The maximum Gasteiger partial charge on any atom is 0.273 e. The van der Waals surface area contributed by atoms with Crippen LogP contribution in [0.25, 0.3) is 0 Å². The number of aliphatic hydroxyl groups excluding tert-OH is 1. The summed E-state index contributed by atoms with van der Waals surface area (Å²) in [5.41, 5.74) is -0.101. The molecule has 0 aliphatic rings. The molecule has 6 heteroatoms. The van der Waals surface area contributed by atoms with Crippen LogP contribution in [0.5, 0.6) is 0 Å². The topological polar surface area (TPSA) is 75.1 Å². The number of hydrogen-bond donors (Lipinski definition) is 2. The molecule has 5 nitrogen and oxygen atoms in total. The Balaban J connectivity index is 2.57. The van der Waals surface area contributed by atoms with Crippen LogP contribution in [-0.2, 0) is 0 Å². The third-order valence-electron chi connectivity index (χ3n) is 1.78. The number of aromatic nitrogens is 2. The predicted octanol–water partition coefficient (Wildman–Crippen LogP) is 0.429. The molecule has 78 valence electrons. The molecule has 1 amide bonds. The van der Waals surface area contributed by atoms with Crippen molar-refractivity contribution < 1.29 is 9.90 Å². The van der Waals surface area contributed by atoms with Gasteiger partial charge in [-0.15, -0.1) is 0 Å².